The third-order valence-corrected chi connectivity index (χ3v) is 3.51. The fraction of sp³-hybridized carbons (Fsp3) is 0.750. The zero-order valence-electron chi connectivity index (χ0n) is 11.3. The molecule has 2 aliphatic heterocycles. The first-order chi connectivity index (χ1) is 9.42. The molecule has 2 fully saturated rings. The molecule has 2 saturated heterocycles. The molecular weight excluding hydrogens is 266 g/mol. The van der Waals surface area contributed by atoms with Crippen molar-refractivity contribution in [2.75, 3.05) is 26.2 Å². The fourth-order valence-corrected chi connectivity index (χ4v) is 1.93. The average molecular weight is 285 g/mol. The minimum atomic E-state index is -0.756. The second-order valence-electron chi connectivity index (χ2n) is 5.23. The van der Waals surface area contributed by atoms with Gasteiger partial charge in [-0.3, -0.25) is 14.4 Å². The minimum absolute atomic E-state index is 0.116. The third-order valence-electron chi connectivity index (χ3n) is 3.51. The quantitative estimate of drug-likeness (QED) is 0.394. The van der Waals surface area contributed by atoms with Gasteiger partial charge < -0.3 is 25.8 Å². The van der Waals surface area contributed by atoms with E-state index in [1.165, 1.54) is 0 Å². The Labute approximate surface area is 116 Å². The van der Waals surface area contributed by atoms with E-state index in [1.54, 1.807) is 6.92 Å². The zero-order chi connectivity index (χ0) is 14.8. The smallest absolute Gasteiger partial charge is 0.240 e. The summed E-state index contributed by atoms with van der Waals surface area (Å²) in [7, 11) is 0. The molecule has 0 saturated carbocycles. The summed E-state index contributed by atoms with van der Waals surface area (Å²) in [5.74, 6) is -1.07. The molecule has 0 aromatic carbocycles. The van der Waals surface area contributed by atoms with Crippen molar-refractivity contribution in [3.63, 3.8) is 0 Å². The average Bonchev–Trinajstić information content (AvgIpc) is 3.02. The number of nitrogens with one attached hydrogen (secondary N) is 3. The summed E-state index contributed by atoms with van der Waals surface area (Å²) in [6.45, 7) is 2.27. The van der Waals surface area contributed by atoms with Gasteiger partial charge in [-0.2, -0.15) is 0 Å². The molecule has 8 heteroatoms. The van der Waals surface area contributed by atoms with Crippen LogP contribution < -0.4 is 16.0 Å². The fourth-order valence-electron chi connectivity index (χ4n) is 1.93. The Morgan fingerprint density at radius 1 is 1.35 bits per heavy atom. The van der Waals surface area contributed by atoms with Crippen LogP contribution in [0.4, 0.5) is 0 Å². The number of aliphatic hydroxyl groups is 1. The number of ketones is 1. The Morgan fingerprint density at radius 2 is 2.05 bits per heavy atom. The van der Waals surface area contributed by atoms with E-state index in [0.29, 0.717) is 19.6 Å². The van der Waals surface area contributed by atoms with Crippen LogP contribution in [-0.4, -0.2) is 66.7 Å². The highest BCUT2D eigenvalue weighted by molar-refractivity contribution is 5.94. The van der Waals surface area contributed by atoms with Gasteiger partial charge in [-0.05, 0) is 19.9 Å². The molecule has 112 valence electrons. The Balaban J connectivity index is 1.64. The molecule has 0 aromatic heterocycles. The monoisotopic (exact) mass is 285 g/mol. The molecular formula is C12H19N3O5. The summed E-state index contributed by atoms with van der Waals surface area (Å²) in [6, 6.07) is -0.678. The lowest BCUT2D eigenvalue weighted by Crippen LogP contribution is -2.49. The van der Waals surface area contributed by atoms with Gasteiger partial charge in [0.05, 0.1) is 25.8 Å². The number of aliphatic hydroxyl groups excluding tert-OH is 1. The molecule has 0 spiro atoms. The third kappa shape index (κ3) is 3.53. The van der Waals surface area contributed by atoms with E-state index >= 15 is 0 Å². The zero-order valence-corrected chi connectivity index (χ0v) is 11.3. The van der Waals surface area contributed by atoms with E-state index in [2.05, 4.69) is 16.0 Å². The molecule has 0 bridgehead atoms. The molecule has 2 unspecified atom stereocenters. The van der Waals surface area contributed by atoms with Crippen LogP contribution in [0.5, 0.6) is 0 Å². The van der Waals surface area contributed by atoms with Gasteiger partial charge in [-0.25, -0.2) is 0 Å². The van der Waals surface area contributed by atoms with E-state index < -0.39 is 29.6 Å². The number of ether oxygens (including phenoxy) is 1. The number of hydrogen-bond donors (Lipinski definition) is 4. The second-order valence-corrected chi connectivity index (χ2v) is 5.23. The molecule has 2 amide bonds. The first-order valence-corrected chi connectivity index (χ1v) is 6.55. The van der Waals surface area contributed by atoms with Gasteiger partial charge in [-0.15, -0.1) is 0 Å². The lowest BCUT2D eigenvalue weighted by Gasteiger charge is -2.14. The van der Waals surface area contributed by atoms with Crippen LogP contribution in [0.2, 0.25) is 0 Å². The topological polar surface area (TPSA) is 120 Å². The van der Waals surface area contributed by atoms with Crippen LogP contribution in [0.15, 0.2) is 0 Å². The van der Waals surface area contributed by atoms with Crippen LogP contribution >= 0.6 is 0 Å². The maximum absolute atomic E-state index is 11.7. The summed E-state index contributed by atoms with van der Waals surface area (Å²) in [5.41, 5.74) is -0.756. The van der Waals surface area contributed by atoms with E-state index in [1.807, 2.05) is 0 Å². The first-order valence-electron chi connectivity index (χ1n) is 6.55. The molecule has 0 aromatic rings. The Kier molecular flexibility index (Phi) is 4.36. The Hall–Kier alpha value is -1.51. The molecule has 2 heterocycles. The SMILES string of the molecule is C[C@]1(C(=O)CNC(=O)CNC(=O)C2NCCC2O)CO1. The molecule has 3 atom stereocenters. The highest BCUT2D eigenvalue weighted by Crippen LogP contribution is 2.26. The number of carbonyl (C=O) groups excluding carboxylic acids is 3. The Bertz CT molecular complexity index is 421. The minimum Gasteiger partial charge on any atom is -0.391 e. The number of Topliss-reactive ketones (excluding diaryl/α,β-unsaturated/α-hetero) is 1. The summed E-state index contributed by atoms with van der Waals surface area (Å²) in [6.07, 6.45) is -0.219. The van der Waals surface area contributed by atoms with Crippen molar-refractivity contribution in [3.8, 4) is 0 Å². The van der Waals surface area contributed by atoms with Gasteiger partial charge in [0, 0.05) is 0 Å². The van der Waals surface area contributed by atoms with E-state index in [-0.39, 0.29) is 18.9 Å². The van der Waals surface area contributed by atoms with Crippen LogP contribution in [0.25, 0.3) is 0 Å². The van der Waals surface area contributed by atoms with Crippen molar-refractivity contribution in [2.24, 2.45) is 0 Å². The van der Waals surface area contributed by atoms with Crippen LogP contribution in [0, 0.1) is 0 Å². The van der Waals surface area contributed by atoms with Crippen LogP contribution in [0.3, 0.4) is 0 Å². The van der Waals surface area contributed by atoms with Gasteiger partial charge >= 0.3 is 0 Å². The van der Waals surface area contributed by atoms with Gasteiger partial charge in [0.25, 0.3) is 0 Å². The molecule has 2 aliphatic rings. The van der Waals surface area contributed by atoms with Crippen molar-refractivity contribution >= 4 is 17.6 Å². The van der Waals surface area contributed by atoms with Crippen molar-refractivity contribution in [1.29, 1.82) is 0 Å². The van der Waals surface area contributed by atoms with Crippen molar-refractivity contribution < 1.29 is 24.2 Å². The van der Waals surface area contributed by atoms with E-state index in [9.17, 15) is 19.5 Å². The lowest BCUT2D eigenvalue weighted by atomic mass is 10.1. The van der Waals surface area contributed by atoms with Crippen molar-refractivity contribution in [1.82, 2.24) is 16.0 Å². The number of epoxide rings is 1. The van der Waals surface area contributed by atoms with E-state index in [0.717, 1.165) is 0 Å². The summed E-state index contributed by atoms with van der Waals surface area (Å²) < 4.78 is 4.96. The van der Waals surface area contributed by atoms with Crippen LogP contribution in [-0.2, 0) is 19.1 Å². The summed E-state index contributed by atoms with van der Waals surface area (Å²) in [4.78, 5) is 34.7. The maximum Gasteiger partial charge on any atom is 0.240 e. The maximum atomic E-state index is 11.7. The molecule has 8 nitrogen and oxygen atoms in total. The summed E-state index contributed by atoms with van der Waals surface area (Å²) >= 11 is 0. The van der Waals surface area contributed by atoms with E-state index in [4.69, 9.17) is 4.74 Å². The van der Waals surface area contributed by atoms with Crippen molar-refractivity contribution in [2.45, 2.75) is 31.1 Å². The molecule has 0 radical (unpaired) electrons. The standard InChI is InChI=1S/C12H19N3O5/c1-12(6-20-12)8(17)4-14-9(18)5-15-11(19)10-7(16)2-3-13-10/h7,10,13,16H,2-6H2,1H3,(H,14,18)(H,15,19)/t7?,10?,12-/m1/s1. The number of hydrogen-bond acceptors (Lipinski definition) is 6. The second kappa shape index (κ2) is 5.86. The molecule has 20 heavy (non-hydrogen) atoms. The largest absolute Gasteiger partial charge is 0.391 e. The molecule has 4 N–H and O–H groups in total. The Morgan fingerprint density at radius 3 is 2.60 bits per heavy atom. The normalized spacial score (nSPS) is 31.7. The molecule has 0 aliphatic carbocycles. The van der Waals surface area contributed by atoms with Crippen LogP contribution in [0.1, 0.15) is 13.3 Å². The van der Waals surface area contributed by atoms with Gasteiger partial charge in [0.15, 0.2) is 5.78 Å². The number of rotatable bonds is 6. The highest BCUT2D eigenvalue weighted by Gasteiger charge is 2.46. The molecule has 2 rings (SSSR count). The van der Waals surface area contributed by atoms with Gasteiger partial charge in [-0.1, -0.05) is 0 Å². The highest BCUT2D eigenvalue weighted by atomic mass is 16.6. The van der Waals surface area contributed by atoms with Gasteiger partial charge in [0.1, 0.15) is 11.6 Å². The predicted molar refractivity (Wildman–Crippen MR) is 67.8 cm³/mol. The predicted octanol–water partition coefficient (Wildman–Crippen LogP) is -2.70. The first kappa shape index (κ1) is 14.9. The van der Waals surface area contributed by atoms with Gasteiger partial charge in [0.2, 0.25) is 11.8 Å². The summed E-state index contributed by atoms with van der Waals surface area (Å²) in [5, 5.41) is 17.2. The lowest BCUT2D eigenvalue weighted by molar-refractivity contribution is -0.129. The van der Waals surface area contributed by atoms with Crippen molar-refractivity contribution in [3.05, 3.63) is 0 Å². The number of carbonyl (C=O) groups is 3. The number of amides is 2.